The Hall–Kier alpha value is -8.54. The minimum atomic E-state index is 0.671. The van der Waals surface area contributed by atoms with Crippen molar-refractivity contribution >= 4 is 98.0 Å². The number of hydrogen-bond donors (Lipinski definition) is 0. The van der Waals surface area contributed by atoms with Crippen LogP contribution < -0.4 is 0 Å². The Morgan fingerprint density at radius 2 is 0.984 bits per heavy atom. The van der Waals surface area contributed by atoms with Gasteiger partial charge in [-0.05, 0) is 89.0 Å². The molecule has 0 radical (unpaired) electrons. The lowest BCUT2D eigenvalue weighted by Crippen LogP contribution is -1.98. The van der Waals surface area contributed by atoms with Crippen LogP contribution in [0.4, 0.5) is 0 Å². The summed E-state index contributed by atoms with van der Waals surface area (Å²) < 4.78 is 11.2. The molecule has 0 unspecified atom stereocenters. The Balaban J connectivity index is 0.975. The third kappa shape index (κ3) is 4.99. The largest absolute Gasteiger partial charge is 0.456 e. The van der Waals surface area contributed by atoms with Gasteiger partial charge in [-0.15, -0.1) is 0 Å². The molecule has 63 heavy (non-hydrogen) atoms. The Morgan fingerprint density at radius 1 is 0.365 bits per heavy atom. The van der Waals surface area contributed by atoms with Crippen molar-refractivity contribution in [2.24, 2.45) is 0 Å². The van der Waals surface area contributed by atoms with E-state index in [-0.39, 0.29) is 0 Å². The van der Waals surface area contributed by atoms with Crippen molar-refractivity contribution in [2.75, 3.05) is 0 Å². The smallest absolute Gasteiger partial charge is 0.160 e. The molecule has 292 valence electrons. The molecule has 14 aromatic rings. The molecular weight excluding hydrogens is 769 g/mol. The van der Waals surface area contributed by atoms with Crippen LogP contribution >= 0.6 is 0 Å². The standard InChI is InChI=1S/C58H34N4O/c1-2-15-36-32-53-46(31-35(36)14-1)40-19-5-9-26-50(40)62(53)51-27-12-16-37-33-52-47(34-45(37)51)41-20-4-8-25-49(41)61(52)39-18-11-17-38(30-39)58-59-48-24-7-3-21-42(48)57(60-58)44-23-13-29-55-56(44)43-22-6-10-28-54(43)63-55/h1-34H. The number of furan rings is 1. The first-order valence-corrected chi connectivity index (χ1v) is 21.4. The van der Waals surface area contributed by atoms with Gasteiger partial charge >= 0.3 is 0 Å². The van der Waals surface area contributed by atoms with Crippen molar-refractivity contribution in [1.29, 1.82) is 0 Å². The number of benzene rings is 10. The number of fused-ring (bicyclic) bond motifs is 12. The number of para-hydroxylation sites is 4. The summed E-state index contributed by atoms with van der Waals surface area (Å²) in [5, 5.41) is 12.9. The lowest BCUT2D eigenvalue weighted by atomic mass is 10.00. The predicted molar refractivity (Wildman–Crippen MR) is 261 cm³/mol. The summed E-state index contributed by atoms with van der Waals surface area (Å²) in [6.45, 7) is 0. The molecule has 4 heterocycles. The van der Waals surface area contributed by atoms with Crippen LogP contribution in [-0.2, 0) is 0 Å². The normalized spacial score (nSPS) is 12.1. The second-order valence-electron chi connectivity index (χ2n) is 16.5. The van der Waals surface area contributed by atoms with Crippen LogP contribution in [0.5, 0.6) is 0 Å². The van der Waals surface area contributed by atoms with Gasteiger partial charge in [-0.2, -0.15) is 0 Å². The topological polar surface area (TPSA) is 48.8 Å². The Kier molecular flexibility index (Phi) is 7.05. The van der Waals surface area contributed by atoms with Gasteiger partial charge < -0.3 is 13.6 Å². The van der Waals surface area contributed by atoms with E-state index in [1.807, 2.05) is 24.3 Å². The van der Waals surface area contributed by atoms with Crippen molar-refractivity contribution < 1.29 is 4.42 Å². The number of aromatic nitrogens is 4. The number of hydrogen-bond acceptors (Lipinski definition) is 3. The molecule has 5 heteroatoms. The van der Waals surface area contributed by atoms with Crippen LogP contribution in [0.3, 0.4) is 0 Å². The fourth-order valence-electron chi connectivity index (χ4n) is 10.3. The number of nitrogens with zero attached hydrogens (tertiary/aromatic N) is 4. The molecule has 5 nitrogen and oxygen atoms in total. The van der Waals surface area contributed by atoms with Gasteiger partial charge in [0, 0.05) is 59.9 Å². The maximum Gasteiger partial charge on any atom is 0.160 e. The van der Waals surface area contributed by atoms with Crippen molar-refractivity contribution in [3.63, 3.8) is 0 Å². The van der Waals surface area contributed by atoms with Crippen molar-refractivity contribution in [3.8, 4) is 34.0 Å². The molecular formula is C58H34N4O. The highest BCUT2D eigenvalue weighted by atomic mass is 16.3. The molecule has 0 saturated heterocycles. The number of rotatable bonds is 4. The lowest BCUT2D eigenvalue weighted by Gasteiger charge is -2.14. The van der Waals surface area contributed by atoms with E-state index in [0.717, 1.165) is 72.1 Å². The Bertz CT molecular complexity index is 4230. The van der Waals surface area contributed by atoms with Crippen LogP contribution in [0.1, 0.15) is 0 Å². The molecule has 0 N–H and O–H groups in total. The van der Waals surface area contributed by atoms with Crippen molar-refractivity contribution in [1.82, 2.24) is 19.1 Å². The second kappa shape index (κ2) is 13.0. The molecule has 10 aromatic carbocycles. The highest BCUT2D eigenvalue weighted by Gasteiger charge is 2.21. The highest BCUT2D eigenvalue weighted by molar-refractivity contribution is 6.18. The third-order valence-corrected chi connectivity index (χ3v) is 13.1. The fraction of sp³-hybridized carbons (Fsp3) is 0. The molecule has 0 spiro atoms. The lowest BCUT2D eigenvalue weighted by molar-refractivity contribution is 0.669. The van der Waals surface area contributed by atoms with Crippen molar-refractivity contribution in [2.45, 2.75) is 0 Å². The second-order valence-corrected chi connectivity index (χ2v) is 16.5. The molecule has 0 amide bonds. The van der Waals surface area contributed by atoms with E-state index in [4.69, 9.17) is 14.4 Å². The van der Waals surface area contributed by atoms with Gasteiger partial charge in [-0.25, -0.2) is 9.97 Å². The van der Waals surface area contributed by atoms with Crippen LogP contribution in [0.25, 0.3) is 132 Å². The summed E-state index contributed by atoms with van der Waals surface area (Å²) in [6, 6.07) is 73.8. The van der Waals surface area contributed by atoms with Gasteiger partial charge in [-0.1, -0.05) is 133 Å². The average molecular weight is 803 g/mol. The molecule has 0 saturated carbocycles. The Morgan fingerprint density at radius 3 is 1.84 bits per heavy atom. The zero-order valence-electron chi connectivity index (χ0n) is 33.8. The van der Waals surface area contributed by atoms with Crippen LogP contribution in [-0.4, -0.2) is 19.1 Å². The molecule has 14 rings (SSSR count). The maximum atomic E-state index is 6.32. The zero-order valence-corrected chi connectivity index (χ0v) is 33.8. The summed E-state index contributed by atoms with van der Waals surface area (Å²) in [6.07, 6.45) is 0. The highest BCUT2D eigenvalue weighted by Crippen LogP contribution is 2.42. The fourth-order valence-corrected chi connectivity index (χ4v) is 10.3. The molecule has 0 atom stereocenters. The molecule has 0 fully saturated rings. The van der Waals surface area contributed by atoms with E-state index in [2.05, 4.69) is 191 Å². The predicted octanol–water partition coefficient (Wildman–Crippen LogP) is 15.4. The summed E-state index contributed by atoms with van der Waals surface area (Å²) in [5.41, 5.74) is 12.3. The maximum absolute atomic E-state index is 6.32. The molecule has 0 aliphatic carbocycles. The van der Waals surface area contributed by atoms with Gasteiger partial charge in [0.15, 0.2) is 5.82 Å². The van der Waals surface area contributed by atoms with E-state index < -0.39 is 0 Å². The molecule has 0 aliphatic heterocycles. The minimum Gasteiger partial charge on any atom is -0.456 e. The molecule has 4 aromatic heterocycles. The van der Waals surface area contributed by atoms with Crippen molar-refractivity contribution in [3.05, 3.63) is 206 Å². The first kappa shape index (κ1) is 34.2. The van der Waals surface area contributed by atoms with Gasteiger partial charge in [0.2, 0.25) is 0 Å². The van der Waals surface area contributed by atoms with Gasteiger partial charge in [0.1, 0.15) is 11.2 Å². The third-order valence-electron chi connectivity index (χ3n) is 13.1. The van der Waals surface area contributed by atoms with E-state index in [9.17, 15) is 0 Å². The first-order chi connectivity index (χ1) is 31.2. The van der Waals surface area contributed by atoms with E-state index in [1.54, 1.807) is 0 Å². The zero-order chi connectivity index (χ0) is 41.2. The minimum absolute atomic E-state index is 0.671. The molecule has 0 aliphatic rings. The summed E-state index contributed by atoms with van der Waals surface area (Å²) in [7, 11) is 0. The molecule has 0 bridgehead atoms. The SMILES string of the molecule is c1cc(-c2nc(-c3cccc4oc5ccccc5c34)c3ccccc3n2)cc(-n2c3ccccc3c3cc4c(-n5c6ccccc6c6cc7ccccc7cc65)cccc4cc32)c1. The van der Waals surface area contributed by atoms with Crippen LogP contribution in [0.15, 0.2) is 211 Å². The Labute approximate surface area is 360 Å². The first-order valence-electron chi connectivity index (χ1n) is 21.4. The average Bonchev–Trinajstić information content (AvgIpc) is 3.99. The van der Waals surface area contributed by atoms with E-state index in [0.29, 0.717) is 5.82 Å². The van der Waals surface area contributed by atoms with Gasteiger partial charge in [0.05, 0.1) is 39.0 Å². The summed E-state index contributed by atoms with van der Waals surface area (Å²) in [5.74, 6) is 0.671. The van der Waals surface area contributed by atoms with Gasteiger partial charge in [-0.3, -0.25) is 0 Å². The monoisotopic (exact) mass is 802 g/mol. The van der Waals surface area contributed by atoms with Crippen LogP contribution in [0.2, 0.25) is 0 Å². The van der Waals surface area contributed by atoms with E-state index >= 15 is 0 Å². The van der Waals surface area contributed by atoms with Gasteiger partial charge in [0.25, 0.3) is 0 Å². The summed E-state index contributed by atoms with van der Waals surface area (Å²) in [4.78, 5) is 10.6. The van der Waals surface area contributed by atoms with E-state index in [1.165, 1.54) is 54.1 Å². The van der Waals surface area contributed by atoms with Crippen LogP contribution in [0, 0.1) is 0 Å². The summed E-state index contributed by atoms with van der Waals surface area (Å²) >= 11 is 0. The quantitative estimate of drug-likeness (QED) is 0.178.